The van der Waals surface area contributed by atoms with E-state index in [-0.39, 0.29) is 0 Å². The molecule has 73 valence electrons. The first-order valence-corrected chi connectivity index (χ1v) is 5.25. The van der Waals surface area contributed by atoms with Crippen LogP contribution < -0.4 is 0 Å². The molecule has 0 aromatic carbocycles. The van der Waals surface area contributed by atoms with Crippen LogP contribution in [0, 0.1) is 24.2 Å². The zero-order chi connectivity index (χ0) is 9.78. The zero-order valence-electron chi connectivity index (χ0n) is 9.48. The number of hydrogen-bond acceptors (Lipinski definition) is 0. The summed E-state index contributed by atoms with van der Waals surface area (Å²) in [4.78, 5) is 0. The lowest BCUT2D eigenvalue weighted by molar-refractivity contribution is 0.160. The van der Waals surface area contributed by atoms with Crippen molar-refractivity contribution in [3.8, 4) is 0 Å². The van der Waals surface area contributed by atoms with Crippen molar-refractivity contribution in [2.75, 3.05) is 0 Å². The van der Waals surface area contributed by atoms with Gasteiger partial charge in [0.05, 0.1) is 0 Å². The second-order valence-corrected chi connectivity index (χ2v) is 4.79. The largest absolute Gasteiger partial charge is 0.0654 e. The van der Waals surface area contributed by atoms with Gasteiger partial charge in [-0.3, -0.25) is 0 Å². The molecule has 0 fully saturated rings. The lowest BCUT2D eigenvalue weighted by atomic mass is 9.71. The topological polar surface area (TPSA) is 0 Å². The average Bonchev–Trinajstić information content (AvgIpc) is 2.03. The number of rotatable bonds is 5. The molecule has 2 atom stereocenters. The van der Waals surface area contributed by atoms with E-state index in [1.165, 1.54) is 12.8 Å². The van der Waals surface area contributed by atoms with Crippen molar-refractivity contribution in [2.24, 2.45) is 17.3 Å². The smallest absolute Gasteiger partial charge is 0.0326 e. The van der Waals surface area contributed by atoms with Gasteiger partial charge in [-0.15, -0.1) is 0 Å². The SMILES string of the molecule is [CH2]CC(C)(C)C(C)C(C)CCC. The van der Waals surface area contributed by atoms with Crippen LogP contribution in [0.25, 0.3) is 0 Å². The van der Waals surface area contributed by atoms with Gasteiger partial charge in [0.25, 0.3) is 0 Å². The molecule has 0 aromatic rings. The van der Waals surface area contributed by atoms with Crippen molar-refractivity contribution in [2.45, 2.75) is 53.9 Å². The number of hydrogen-bond donors (Lipinski definition) is 0. The van der Waals surface area contributed by atoms with Crippen LogP contribution in [0.5, 0.6) is 0 Å². The van der Waals surface area contributed by atoms with Crippen molar-refractivity contribution >= 4 is 0 Å². The van der Waals surface area contributed by atoms with Crippen LogP contribution >= 0.6 is 0 Å². The van der Waals surface area contributed by atoms with E-state index in [0.717, 1.165) is 18.3 Å². The molecule has 0 saturated heterocycles. The summed E-state index contributed by atoms with van der Waals surface area (Å²) in [6.45, 7) is 15.7. The summed E-state index contributed by atoms with van der Waals surface area (Å²) in [7, 11) is 0. The van der Waals surface area contributed by atoms with E-state index < -0.39 is 0 Å². The molecule has 0 spiro atoms. The van der Waals surface area contributed by atoms with Crippen molar-refractivity contribution < 1.29 is 0 Å². The minimum absolute atomic E-state index is 0.411. The third-order valence-electron chi connectivity index (χ3n) is 3.47. The zero-order valence-corrected chi connectivity index (χ0v) is 9.48. The molecule has 0 heterocycles. The highest BCUT2D eigenvalue weighted by atomic mass is 14.3. The van der Waals surface area contributed by atoms with E-state index in [2.05, 4.69) is 41.5 Å². The van der Waals surface area contributed by atoms with Gasteiger partial charge < -0.3 is 0 Å². The van der Waals surface area contributed by atoms with Crippen molar-refractivity contribution in [3.63, 3.8) is 0 Å². The highest BCUT2D eigenvalue weighted by Crippen LogP contribution is 2.36. The highest BCUT2D eigenvalue weighted by molar-refractivity contribution is 4.79. The van der Waals surface area contributed by atoms with Crippen molar-refractivity contribution in [1.29, 1.82) is 0 Å². The molecule has 0 rings (SSSR count). The maximum Gasteiger partial charge on any atom is -0.0326 e. The van der Waals surface area contributed by atoms with E-state index in [1.807, 2.05) is 0 Å². The molecule has 0 bridgehead atoms. The minimum Gasteiger partial charge on any atom is -0.0654 e. The predicted molar refractivity (Wildman–Crippen MR) is 57.0 cm³/mol. The summed E-state index contributed by atoms with van der Waals surface area (Å²) in [6, 6.07) is 0. The highest BCUT2D eigenvalue weighted by Gasteiger charge is 2.27. The standard InChI is InChI=1S/C12H25/c1-7-9-10(3)11(4)12(5,6)8-2/h10-11H,2,7-9H2,1,3-6H3. The molecular formula is C12H25. The molecule has 1 radical (unpaired) electrons. The van der Waals surface area contributed by atoms with Crippen molar-refractivity contribution in [3.05, 3.63) is 6.92 Å². The molecular weight excluding hydrogens is 144 g/mol. The van der Waals surface area contributed by atoms with E-state index in [1.54, 1.807) is 0 Å². The second kappa shape index (κ2) is 4.89. The molecule has 0 heteroatoms. The first-order chi connectivity index (χ1) is 5.45. The molecule has 12 heavy (non-hydrogen) atoms. The van der Waals surface area contributed by atoms with Gasteiger partial charge in [0.1, 0.15) is 0 Å². The van der Waals surface area contributed by atoms with E-state index in [4.69, 9.17) is 0 Å². The van der Waals surface area contributed by atoms with E-state index in [9.17, 15) is 0 Å². The van der Waals surface area contributed by atoms with Gasteiger partial charge in [-0.2, -0.15) is 0 Å². The average molecular weight is 169 g/mol. The molecule has 0 aromatic heterocycles. The summed E-state index contributed by atoms with van der Waals surface area (Å²) in [5.41, 5.74) is 0.411. The van der Waals surface area contributed by atoms with Crippen LogP contribution in [-0.4, -0.2) is 0 Å². The van der Waals surface area contributed by atoms with Gasteiger partial charge in [-0.05, 0) is 23.7 Å². The molecule has 0 N–H and O–H groups in total. The van der Waals surface area contributed by atoms with Gasteiger partial charge in [-0.1, -0.05) is 54.4 Å². The molecule has 0 aliphatic heterocycles. The van der Waals surface area contributed by atoms with Gasteiger partial charge in [-0.25, -0.2) is 0 Å². The maximum atomic E-state index is 4.02. The fourth-order valence-electron chi connectivity index (χ4n) is 1.70. The Balaban J connectivity index is 4.07. The van der Waals surface area contributed by atoms with Crippen LogP contribution in [0.15, 0.2) is 0 Å². The Morgan fingerprint density at radius 2 is 1.75 bits per heavy atom. The Bertz CT molecular complexity index is 113. The van der Waals surface area contributed by atoms with Crippen LogP contribution in [-0.2, 0) is 0 Å². The fourth-order valence-corrected chi connectivity index (χ4v) is 1.70. The van der Waals surface area contributed by atoms with Crippen LogP contribution in [0.4, 0.5) is 0 Å². The molecule has 0 saturated carbocycles. The summed E-state index contributed by atoms with van der Waals surface area (Å²) in [5.74, 6) is 1.63. The molecule has 0 aliphatic rings. The Morgan fingerprint density at radius 3 is 2.08 bits per heavy atom. The Morgan fingerprint density at radius 1 is 1.25 bits per heavy atom. The summed E-state index contributed by atoms with van der Waals surface area (Å²) < 4.78 is 0. The third kappa shape index (κ3) is 3.16. The first kappa shape index (κ1) is 12.0. The minimum atomic E-state index is 0.411. The molecule has 2 unspecified atom stereocenters. The Kier molecular flexibility index (Phi) is 4.89. The summed E-state index contributed by atoms with van der Waals surface area (Å²) >= 11 is 0. The molecule has 0 nitrogen and oxygen atoms in total. The van der Waals surface area contributed by atoms with Crippen LogP contribution in [0.3, 0.4) is 0 Å². The van der Waals surface area contributed by atoms with Crippen LogP contribution in [0.2, 0.25) is 0 Å². The lowest BCUT2D eigenvalue weighted by Gasteiger charge is -2.35. The first-order valence-electron chi connectivity index (χ1n) is 5.25. The maximum absolute atomic E-state index is 4.02. The van der Waals surface area contributed by atoms with Gasteiger partial charge >= 0.3 is 0 Å². The van der Waals surface area contributed by atoms with E-state index in [0.29, 0.717) is 5.41 Å². The normalized spacial score (nSPS) is 17.5. The Hall–Kier alpha value is 0. The van der Waals surface area contributed by atoms with Gasteiger partial charge in [0.15, 0.2) is 0 Å². The summed E-state index contributed by atoms with van der Waals surface area (Å²) in [5, 5.41) is 0. The predicted octanol–water partition coefficient (Wildman–Crippen LogP) is 4.31. The molecule has 0 aliphatic carbocycles. The van der Waals surface area contributed by atoms with Crippen molar-refractivity contribution in [1.82, 2.24) is 0 Å². The summed E-state index contributed by atoms with van der Waals surface area (Å²) in [6.07, 6.45) is 3.70. The third-order valence-corrected chi connectivity index (χ3v) is 3.47. The van der Waals surface area contributed by atoms with Gasteiger partial charge in [0.2, 0.25) is 0 Å². The lowest BCUT2D eigenvalue weighted by Crippen LogP contribution is -2.26. The van der Waals surface area contributed by atoms with E-state index >= 15 is 0 Å². The quantitative estimate of drug-likeness (QED) is 0.575. The van der Waals surface area contributed by atoms with Crippen LogP contribution in [0.1, 0.15) is 53.9 Å². The fraction of sp³-hybridized carbons (Fsp3) is 0.917. The second-order valence-electron chi connectivity index (χ2n) is 4.79. The van der Waals surface area contributed by atoms with Gasteiger partial charge in [0, 0.05) is 0 Å². The monoisotopic (exact) mass is 169 g/mol. The molecule has 0 amide bonds. The Labute approximate surface area is 78.8 Å².